The van der Waals surface area contributed by atoms with Crippen molar-refractivity contribution in [2.75, 3.05) is 10.6 Å². The summed E-state index contributed by atoms with van der Waals surface area (Å²) in [5.41, 5.74) is 1.46. The quantitative estimate of drug-likeness (QED) is 0.748. The summed E-state index contributed by atoms with van der Waals surface area (Å²) in [5.74, 6) is -1.47. The van der Waals surface area contributed by atoms with Crippen LogP contribution in [0.4, 0.5) is 11.4 Å². The molecule has 0 fully saturated rings. The van der Waals surface area contributed by atoms with Crippen LogP contribution in [0.2, 0.25) is 0 Å². The number of carbonyl (C=O) groups is 2. The molecule has 5 nitrogen and oxygen atoms in total. The van der Waals surface area contributed by atoms with Gasteiger partial charge in [-0.15, -0.1) is 0 Å². The molecular weight excluding hydrogens is 232 g/mol. The molecule has 0 aliphatic heterocycles. The lowest BCUT2D eigenvalue weighted by Gasteiger charge is -2.19. The Hall–Kier alpha value is -2.04. The maximum absolute atomic E-state index is 10.9. The summed E-state index contributed by atoms with van der Waals surface area (Å²) in [5, 5.41) is 14.7. The number of carbonyl (C=O) groups excluding carboxylic acids is 1. The number of aliphatic carboxylic acids is 1. The second kappa shape index (κ2) is 6.05. The summed E-state index contributed by atoms with van der Waals surface area (Å²) in [6, 6.07) is 6.97. The van der Waals surface area contributed by atoms with Crippen molar-refractivity contribution in [3.8, 4) is 0 Å². The molecule has 0 aromatic heterocycles. The highest BCUT2D eigenvalue weighted by molar-refractivity contribution is 5.89. The highest BCUT2D eigenvalue weighted by Crippen LogP contribution is 2.17. The first-order valence-electron chi connectivity index (χ1n) is 5.77. The van der Waals surface area contributed by atoms with Gasteiger partial charge in [-0.05, 0) is 32.0 Å². The molecule has 0 radical (unpaired) electrons. The first kappa shape index (κ1) is 14.0. The molecule has 98 valence electrons. The lowest BCUT2D eigenvalue weighted by atomic mass is 10.0. The van der Waals surface area contributed by atoms with Crippen molar-refractivity contribution in [2.45, 2.75) is 26.8 Å². The van der Waals surface area contributed by atoms with Gasteiger partial charge in [-0.1, -0.05) is 6.07 Å². The summed E-state index contributed by atoms with van der Waals surface area (Å²) in [6.07, 6.45) is 0. The van der Waals surface area contributed by atoms with Crippen molar-refractivity contribution in [3.63, 3.8) is 0 Å². The Labute approximate surface area is 106 Å². The van der Waals surface area contributed by atoms with E-state index in [1.165, 1.54) is 6.92 Å². The third-order valence-electron chi connectivity index (χ3n) is 2.72. The molecule has 1 amide bonds. The van der Waals surface area contributed by atoms with E-state index in [-0.39, 0.29) is 11.9 Å². The molecule has 18 heavy (non-hydrogen) atoms. The summed E-state index contributed by atoms with van der Waals surface area (Å²) in [6.45, 7) is 4.90. The van der Waals surface area contributed by atoms with Gasteiger partial charge >= 0.3 is 5.97 Å². The van der Waals surface area contributed by atoms with Gasteiger partial charge in [-0.2, -0.15) is 0 Å². The molecule has 0 heterocycles. The Balaban J connectivity index is 2.72. The molecule has 0 bridgehead atoms. The molecule has 5 heteroatoms. The monoisotopic (exact) mass is 250 g/mol. The maximum Gasteiger partial charge on any atom is 0.308 e. The summed E-state index contributed by atoms with van der Waals surface area (Å²) < 4.78 is 0. The molecular formula is C13H18N2O3. The number of hydrogen-bond acceptors (Lipinski definition) is 3. The average molecular weight is 250 g/mol. The Morgan fingerprint density at radius 2 is 1.83 bits per heavy atom. The molecule has 1 rings (SSSR count). The second-order valence-electron chi connectivity index (χ2n) is 4.32. The summed E-state index contributed by atoms with van der Waals surface area (Å²) >= 11 is 0. The number of nitrogens with one attached hydrogen (secondary N) is 2. The van der Waals surface area contributed by atoms with E-state index in [0.717, 1.165) is 5.69 Å². The molecule has 0 aliphatic carbocycles. The van der Waals surface area contributed by atoms with Crippen LogP contribution in [0.3, 0.4) is 0 Å². The lowest BCUT2D eigenvalue weighted by molar-refractivity contribution is -0.141. The largest absolute Gasteiger partial charge is 0.481 e. The van der Waals surface area contributed by atoms with Crippen molar-refractivity contribution < 1.29 is 14.7 Å². The third-order valence-corrected chi connectivity index (χ3v) is 2.72. The van der Waals surface area contributed by atoms with E-state index in [0.29, 0.717) is 5.69 Å². The zero-order valence-corrected chi connectivity index (χ0v) is 10.7. The highest BCUT2D eigenvalue weighted by Gasteiger charge is 2.18. The second-order valence-corrected chi connectivity index (χ2v) is 4.32. The maximum atomic E-state index is 10.9. The number of amides is 1. The van der Waals surface area contributed by atoms with E-state index >= 15 is 0 Å². The van der Waals surface area contributed by atoms with Gasteiger partial charge in [0, 0.05) is 24.3 Å². The van der Waals surface area contributed by atoms with Crippen LogP contribution < -0.4 is 10.6 Å². The molecule has 2 unspecified atom stereocenters. The average Bonchev–Trinajstić information content (AvgIpc) is 2.27. The van der Waals surface area contributed by atoms with Gasteiger partial charge in [0.25, 0.3) is 0 Å². The minimum Gasteiger partial charge on any atom is -0.481 e. The van der Waals surface area contributed by atoms with E-state index in [2.05, 4.69) is 10.6 Å². The number of carboxylic acid groups (broad SMARTS) is 1. The molecule has 0 aliphatic rings. The van der Waals surface area contributed by atoms with Gasteiger partial charge in [0.15, 0.2) is 0 Å². The molecule has 3 N–H and O–H groups in total. The van der Waals surface area contributed by atoms with E-state index in [1.54, 1.807) is 25.1 Å². The van der Waals surface area contributed by atoms with E-state index in [1.807, 2.05) is 13.0 Å². The van der Waals surface area contributed by atoms with Crippen LogP contribution >= 0.6 is 0 Å². The fraction of sp³-hybridized carbons (Fsp3) is 0.385. The number of benzene rings is 1. The normalized spacial score (nSPS) is 13.5. The molecule has 0 saturated heterocycles. The number of hydrogen-bond donors (Lipinski definition) is 3. The molecule has 0 spiro atoms. The van der Waals surface area contributed by atoms with E-state index in [4.69, 9.17) is 5.11 Å². The predicted molar refractivity (Wildman–Crippen MR) is 70.6 cm³/mol. The summed E-state index contributed by atoms with van der Waals surface area (Å²) in [7, 11) is 0. The van der Waals surface area contributed by atoms with E-state index in [9.17, 15) is 9.59 Å². The minimum absolute atomic E-state index is 0.140. The van der Waals surface area contributed by atoms with Gasteiger partial charge in [-0.3, -0.25) is 9.59 Å². The Bertz CT molecular complexity index is 446. The van der Waals surface area contributed by atoms with Gasteiger partial charge in [0.2, 0.25) is 5.91 Å². The predicted octanol–water partition coefficient (Wildman–Crippen LogP) is 2.17. The van der Waals surface area contributed by atoms with E-state index < -0.39 is 11.9 Å². The van der Waals surface area contributed by atoms with Crippen LogP contribution in [0, 0.1) is 5.92 Å². The van der Waals surface area contributed by atoms with Crippen LogP contribution in [0.1, 0.15) is 20.8 Å². The van der Waals surface area contributed by atoms with Crippen LogP contribution in [-0.4, -0.2) is 23.0 Å². The highest BCUT2D eigenvalue weighted by atomic mass is 16.4. The Morgan fingerprint density at radius 1 is 1.22 bits per heavy atom. The molecule has 1 aromatic carbocycles. The molecule has 0 saturated carbocycles. The first-order valence-corrected chi connectivity index (χ1v) is 5.77. The van der Waals surface area contributed by atoms with Crippen molar-refractivity contribution in [1.82, 2.24) is 0 Å². The van der Waals surface area contributed by atoms with Gasteiger partial charge in [0.05, 0.1) is 5.92 Å². The minimum atomic E-state index is -0.840. The van der Waals surface area contributed by atoms with Crippen molar-refractivity contribution in [3.05, 3.63) is 24.3 Å². The fourth-order valence-corrected chi connectivity index (χ4v) is 1.49. The zero-order chi connectivity index (χ0) is 13.7. The van der Waals surface area contributed by atoms with Gasteiger partial charge in [0.1, 0.15) is 0 Å². The lowest BCUT2D eigenvalue weighted by Crippen LogP contribution is -2.29. The van der Waals surface area contributed by atoms with Gasteiger partial charge < -0.3 is 15.7 Å². The van der Waals surface area contributed by atoms with Crippen LogP contribution in [0.5, 0.6) is 0 Å². The number of anilines is 2. The standard InChI is InChI=1S/C13H18N2O3/c1-8(13(17)18)9(2)14-11-5-4-6-12(7-11)15-10(3)16/h4-9,14H,1-3H3,(H,15,16)(H,17,18). The number of carboxylic acids is 1. The Morgan fingerprint density at radius 3 is 2.39 bits per heavy atom. The molecule has 1 aromatic rings. The first-order chi connectivity index (χ1) is 8.40. The Kier molecular flexibility index (Phi) is 4.71. The van der Waals surface area contributed by atoms with Crippen LogP contribution in [-0.2, 0) is 9.59 Å². The third kappa shape index (κ3) is 4.08. The zero-order valence-electron chi connectivity index (χ0n) is 10.7. The SMILES string of the molecule is CC(=O)Nc1cccc(NC(C)C(C)C(=O)O)c1. The smallest absolute Gasteiger partial charge is 0.308 e. The van der Waals surface area contributed by atoms with Crippen molar-refractivity contribution in [1.29, 1.82) is 0 Å². The topological polar surface area (TPSA) is 78.4 Å². The van der Waals surface area contributed by atoms with Crippen LogP contribution in [0.15, 0.2) is 24.3 Å². The van der Waals surface area contributed by atoms with Crippen molar-refractivity contribution in [2.24, 2.45) is 5.92 Å². The summed E-state index contributed by atoms with van der Waals surface area (Å²) in [4.78, 5) is 21.8. The van der Waals surface area contributed by atoms with Crippen molar-refractivity contribution >= 4 is 23.3 Å². The van der Waals surface area contributed by atoms with Crippen LogP contribution in [0.25, 0.3) is 0 Å². The van der Waals surface area contributed by atoms with Gasteiger partial charge in [-0.25, -0.2) is 0 Å². The fourth-order valence-electron chi connectivity index (χ4n) is 1.49. The number of rotatable bonds is 5. The molecule has 2 atom stereocenters.